The Morgan fingerprint density at radius 1 is 1.00 bits per heavy atom. The monoisotopic (exact) mass is 451 g/mol. The van der Waals surface area contributed by atoms with E-state index >= 15 is 0 Å². The number of amides is 5. The van der Waals surface area contributed by atoms with E-state index in [1.165, 1.54) is 0 Å². The Kier molecular flexibility index (Phi) is 7.89. The first kappa shape index (κ1) is 25.2. The Balaban J connectivity index is 1.71. The molecule has 2 heterocycles. The van der Waals surface area contributed by atoms with E-state index in [-0.39, 0.29) is 44.9 Å². The lowest BCUT2D eigenvalue weighted by Crippen LogP contribution is -2.42. The molecule has 5 amide bonds. The van der Waals surface area contributed by atoms with Gasteiger partial charge in [0.2, 0.25) is 5.91 Å². The predicted molar refractivity (Wildman–Crippen MR) is 109 cm³/mol. The number of carbonyl (C=O) groups excluding carboxylic acids is 6. The van der Waals surface area contributed by atoms with Crippen molar-refractivity contribution >= 4 is 35.5 Å². The summed E-state index contributed by atoms with van der Waals surface area (Å²) in [6, 6.07) is 0. The van der Waals surface area contributed by atoms with Crippen LogP contribution < -0.4 is 5.32 Å². The average molecular weight is 451 g/mol. The highest BCUT2D eigenvalue weighted by atomic mass is 16.7. The summed E-state index contributed by atoms with van der Waals surface area (Å²) >= 11 is 0. The van der Waals surface area contributed by atoms with Crippen molar-refractivity contribution in [3.05, 3.63) is 12.2 Å². The summed E-state index contributed by atoms with van der Waals surface area (Å²) in [6.07, 6.45) is 2.78. The molecular weight excluding hydrogens is 422 g/mol. The first-order chi connectivity index (χ1) is 14.8. The van der Waals surface area contributed by atoms with Crippen molar-refractivity contribution in [2.24, 2.45) is 5.41 Å². The maximum atomic E-state index is 12.4. The third-order valence-corrected chi connectivity index (χ3v) is 5.07. The first-order valence-electron chi connectivity index (χ1n) is 10.3. The van der Waals surface area contributed by atoms with Gasteiger partial charge in [0.15, 0.2) is 0 Å². The molecule has 1 fully saturated rings. The van der Waals surface area contributed by atoms with E-state index in [9.17, 15) is 28.8 Å². The quantitative estimate of drug-likeness (QED) is 0.441. The predicted octanol–water partition coefficient (Wildman–Crippen LogP) is 0.236. The van der Waals surface area contributed by atoms with Gasteiger partial charge in [-0.25, -0.2) is 4.79 Å². The molecule has 0 aromatic rings. The normalized spacial score (nSPS) is 16.9. The van der Waals surface area contributed by atoms with Gasteiger partial charge in [0.05, 0.1) is 17.6 Å². The van der Waals surface area contributed by atoms with Crippen LogP contribution in [-0.2, 0) is 38.3 Å². The molecule has 0 aromatic heterocycles. The Morgan fingerprint density at radius 2 is 1.56 bits per heavy atom. The molecule has 0 aliphatic carbocycles. The summed E-state index contributed by atoms with van der Waals surface area (Å²) in [7, 11) is 0. The third-order valence-electron chi connectivity index (χ3n) is 5.07. The zero-order valence-corrected chi connectivity index (χ0v) is 18.8. The minimum absolute atomic E-state index is 0.00669. The number of carbonyl (C=O) groups is 6. The summed E-state index contributed by atoms with van der Waals surface area (Å²) < 4.78 is 5.84. The fourth-order valence-electron chi connectivity index (χ4n) is 2.83. The van der Waals surface area contributed by atoms with Gasteiger partial charge in [-0.05, 0) is 34.1 Å². The van der Waals surface area contributed by atoms with Crippen LogP contribution in [0, 0.1) is 5.41 Å². The SMILES string of the molecule is CC(C)(CCNC(=O)CCN1C(=O)C=CC1=O)OCC(C)(C)C(=O)ON1C(=O)CCC1=O. The van der Waals surface area contributed by atoms with Gasteiger partial charge in [-0.2, -0.15) is 0 Å². The third kappa shape index (κ3) is 6.71. The second kappa shape index (κ2) is 10.0. The number of rotatable bonds is 11. The fourth-order valence-corrected chi connectivity index (χ4v) is 2.83. The Morgan fingerprint density at radius 3 is 2.12 bits per heavy atom. The fraction of sp³-hybridized carbons (Fsp3) is 0.619. The molecule has 11 heteroatoms. The topological polar surface area (TPSA) is 139 Å². The summed E-state index contributed by atoms with van der Waals surface area (Å²) in [6.45, 7) is 7.00. The van der Waals surface area contributed by atoms with E-state index in [4.69, 9.17) is 9.57 Å². The number of hydrogen-bond acceptors (Lipinski definition) is 8. The molecule has 0 aromatic carbocycles. The van der Waals surface area contributed by atoms with Gasteiger partial charge in [0, 0.05) is 44.5 Å². The molecule has 2 rings (SSSR count). The van der Waals surface area contributed by atoms with Crippen LogP contribution in [0.4, 0.5) is 0 Å². The molecule has 0 unspecified atom stereocenters. The molecule has 1 saturated heterocycles. The van der Waals surface area contributed by atoms with Crippen molar-refractivity contribution in [1.82, 2.24) is 15.3 Å². The number of nitrogens with one attached hydrogen (secondary N) is 1. The van der Waals surface area contributed by atoms with Crippen molar-refractivity contribution < 1.29 is 38.3 Å². The summed E-state index contributed by atoms with van der Waals surface area (Å²) in [4.78, 5) is 76.5. The molecule has 11 nitrogen and oxygen atoms in total. The van der Waals surface area contributed by atoms with Crippen LogP contribution in [0.5, 0.6) is 0 Å². The number of hydroxylamine groups is 2. The minimum Gasteiger partial charge on any atom is -0.374 e. The van der Waals surface area contributed by atoms with Crippen molar-refractivity contribution in [2.75, 3.05) is 19.7 Å². The lowest BCUT2D eigenvalue weighted by molar-refractivity contribution is -0.207. The van der Waals surface area contributed by atoms with Gasteiger partial charge >= 0.3 is 5.97 Å². The molecule has 0 bridgehead atoms. The molecule has 0 spiro atoms. The lowest BCUT2D eigenvalue weighted by atomic mass is 9.94. The first-order valence-corrected chi connectivity index (χ1v) is 10.3. The van der Waals surface area contributed by atoms with Gasteiger partial charge < -0.3 is 14.9 Å². The van der Waals surface area contributed by atoms with Crippen LogP contribution in [0.1, 0.15) is 53.4 Å². The maximum Gasteiger partial charge on any atom is 0.341 e. The molecule has 1 N–H and O–H groups in total. The van der Waals surface area contributed by atoms with Gasteiger partial charge in [-0.3, -0.25) is 28.9 Å². The number of imide groups is 2. The molecule has 176 valence electrons. The lowest BCUT2D eigenvalue weighted by Gasteiger charge is -2.31. The van der Waals surface area contributed by atoms with Crippen LogP contribution in [0.2, 0.25) is 0 Å². The summed E-state index contributed by atoms with van der Waals surface area (Å²) in [5.74, 6) is -3.03. The van der Waals surface area contributed by atoms with E-state index < -0.39 is 40.6 Å². The van der Waals surface area contributed by atoms with Crippen molar-refractivity contribution in [2.45, 2.75) is 59.0 Å². The van der Waals surface area contributed by atoms with Gasteiger partial charge in [-0.1, -0.05) is 0 Å². The average Bonchev–Trinajstić information content (AvgIpc) is 3.20. The molecule has 0 saturated carbocycles. The highest BCUT2D eigenvalue weighted by molar-refractivity contribution is 6.13. The van der Waals surface area contributed by atoms with Gasteiger partial charge in [0.25, 0.3) is 23.6 Å². The molecule has 2 aliphatic rings. The Bertz CT molecular complexity index is 812. The molecule has 0 atom stereocenters. The second-order valence-corrected chi connectivity index (χ2v) is 8.90. The van der Waals surface area contributed by atoms with Crippen molar-refractivity contribution in [1.29, 1.82) is 0 Å². The summed E-state index contributed by atoms with van der Waals surface area (Å²) in [5.41, 5.74) is -1.82. The van der Waals surface area contributed by atoms with Crippen LogP contribution in [0.25, 0.3) is 0 Å². The summed E-state index contributed by atoms with van der Waals surface area (Å²) in [5, 5.41) is 3.21. The van der Waals surface area contributed by atoms with Gasteiger partial charge in [-0.15, -0.1) is 5.06 Å². The Hall–Kier alpha value is -3.08. The molecule has 32 heavy (non-hydrogen) atoms. The van der Waals surface area contributed by atoms with E-state index in [1.54, 1.807) is 27.7 Å². The van der Waals surface area contributed by atoms with E-state index in [2.05, 4.69) is 5.32 Å². The van der Waals surface area contributed by atoms with Crippen molar-refractivity contribution in [3.63, 3.8) is 0 Å². The Labute approximate surface area is 186 Å². The van der Waals surface area contributed by atoms with Crippen LogP contribution in [0.15, 0.2) is 12.2 Å². The van der Waals surface area contributed by atoms with Crippen LogP contribution in [0.3, 0.4) is 0 Å². The van der Waals surface area contributed by atoms with E-state index in [1.807, 2.05) is 0 Å². The zero-order valence-electron chi connectivity index (χ0n) is 18.8. The molecule has 2 aliphatic heterocycles. The van der Waals surface area contributed by atoms with Gasteiger partial charge in [0.1, 0.15) is 0 Å². The standard InChI is InChI=1S/C21H29N3O8/c1-20(2,19(30)32-24-17(28)7-8-18(24)29)13-31-21(3,4)10-11-22-14(25)9-12-23-15(26)5-6-16(23)27/h5-6H,7-13H2,1-4H3,(H,22,25). The number of nitrogens with zero attached hydrogens (tertiary/aromatic N) is 2. The highest BCUT2D eigenvalue weighted by Gasteiger charge is 2.39. The van der Waals surface area contributed by atoms with E-state index in [0.29, 0.717) is 11.5 Å². The molecule has 0 radical (unpaired) electrons. The highest BCUT2D eigenvalue weighted by Crippen LogP contribution is 2.25. The van der Waals surface area contributed by atoms with E-state index in [0.717, 1.165) is 17.1 Å². The maximum absolute atomic E-state index is 12.4. The van der Waals surface area contributed by atoms with Crippen LogP contribution in [-0.4, -0.2) is 70.8 Å². The zero-order chi connectivity index (χ0) is 24.1. The molecular formula is C21H29N3O8. The number of hydrogen-bond donors (Lipinski definition) is 1. The number of ether oxygens (including phenoxy) is 1. The minimum atomic E-state index is -1.12. The van der Waals surface area contributed by atoms with Crippen molar-refractivity contribution in [3.8, 4) is 0 Å². The smallest absolute Gasteiger partial charge is 0.341 e. The largest absolute Gasteiger partial charge is 0.374 e. The second-order valence-electron chi connectivity index (χ2n) is 8.90. The van der Waals surface area contributed by atoms with Crippen LogP contribution >= 0.6 is 0 Å².